The van der Waals surface area contributed by atoms with Crippen molar-refractivity contribution in [1.82, 2.24) is 10.3 Å². The monoisotopic (exact) mass is 368 g/mol. The lowest BCUT2D eigenvalue weighted by Gasteiger charge is -2.29. The van der Waals surface area contributed by atoms with Gasteiger partial charge in [-0.05, 0) is 62.4 Å². The van der Waals surface area contributed by atoms with Crippen LogP contribution in [-0.4, -0.2) is 36.1 Å². The largest absolute Gasteiger partial charge is 0.474 e. The minimum absolute atomic E-state index is 0.128. The number of nitrogens with one attached hydrogen (secondary N) is 1. The maximum atomic E-state index is 12.4. The van der Waals surface area contributed by atoms with Crippen molar-refractivity contribution in [2.24, 2.45) is 0 Å². The fourth-order valence-corrected chi connectivity index (χ4v) is 3.16. The normalized spacial score (nSPS) is 19.2. The van der Waals surface area contributed by atoms with Crippen LogP contribution >= 0.6 is 0 Å². The standard InChI is InChI=1S/C21H24N2O4/c1-14-3-12-19(22-13-14)27-18-10-8-17(9-11-18)23-20(24)15-4-6-16(7-5-15)21(25)26-2/h3-7,12-13,17-18H,8-11H2,1-2H3,(H,23,24). The topological polar surface area (TPSA) is 77.5 Å². The van der Waals surface area contributed by atoms with Crippen LogP contribution in [0.15, 0.2) is 42.6 Å². The van der Waals surface area contributed by atoms with E-state index in [-0.39, 0.29) is 18.1 Å². The number of nitrogens with zero attached hydrogens (tertiary/aromatic N) is 1. The molecule has 6 heteroatoms. The molecule has 1 aromatic carbocycles. The van der Waals surface area contributed by atoms with Crippen molar-refractivity contribution < 1.29 is 19.1 Å². The first-order chi connectivity index (χ1) is 13.0. The van der Waals surface area contributed by atoms with Crippen LogP contribution in [-0.2, 0) is 4.74 Å². The summed E-state index contributed by atoms with van der Waals surface area (Å²) in [6.45, 7) is 1.99. The Morgan fingerprint density at radius 3 is 2.26 bits per heavy atom. The lowest BCUT2D eigenvalue weighted by atomic mass is 9.92. The second-order valence-electron chi connectivity index (χ2n) is 6.81. The van der Waals surface area contributed by atoms with Crippen LogP contribution in [0.25, 0.3) is 0 Å². The fraction of sp³-hybridized carbons (Fsp3) is 0.381. The molecule has 0 spiro atoms. The number of hydrogen-bond acceptors (Lipinski definition) is 5. The Kier molecular flexibility index (Phi) is 6.06. The van der Waals surface area contributed by atoms with Crippen molar-refractivity contribution in [1.29, 1.82) is 0 Å². The molecule has 1 aromatic heterocycles. The van der Waals surface area contributed by atoms with Gasteiger partial charge in [0, 0.05) is 23.9 Å². The van der Waals surface area contributed by atoms with Crippen LogP contribution in [0.2, 0.25) is 0 Å². The summed E-state index contributed by atoms with van der Waals surface area (Å²) in [6.07, 6.45) is 5.41. The average Bonchev–Trinajstić information content (AvgIpc) is 2.70. The molecule has 1 heterocycles. The van der Waals surface area contributed by atoms with Gasteiger partial charge < -0.3 is 14.8 Å². The summed E-state index contributed by atoms with van der Waals surface area (Å²) in [4.78, 5) is 28.1. The molecule has 142 valence electrons. The minimum atomic E-state index is -0.414. The lowest BCUT2D eigenvalue weighted by Crippen LogP contribution is -2.39. The minimum Gasteiger partial charge on any atom is -0.474 e. The van der Waals surface area contributed by atoms with Gasteiger partial charge in [-0.25, -0.2) is 9.78 Å². The van der Waals surface area contributed by atoms with Crippen molar-refractivity contribution in [3.8, 4) is 5.88 Å². The van der Waals surface area contributed by atoms with Crippen molar-refractivity contribution in [2.45, 2.75) is 44.8 Å². The molecule has 1 aliphatic carbocycles. The van der Waals surface area contributed by atoms with E-state index in [1.807, 2.05) is 19.1 Å². The number of ether oxygens (including phenoxy) is 2. The molecule has 0 saturated heterocycles. The lowest BCUT2D eigenvalue weighted by molar-refractivity contribution is 0.0600. The molecule has 27 heavy (non-hydrogen) atoms. The Balaban J connectivity index is 1.47. The number of methoxy groups -OCH3 is 1. The van der Waals surface area contributed by atoms with E-state index in [4.69, 9.17) is 4.74 Å². The van der Waals surface area contributed by atoms with Gasteiger partial charge in [0.1, 0.15) is 6.10 Å². The predicted molar refractivity (Wildman–Crippen MR) is 101 cm³/mol. The number of aromatic nitrogens is 1. The van der Waals surface area contributed by atoms with Gasteiger partial charge in [-0.3, -0.25) is 4.79 Å². The summed E-state index contributed by atoms with van der Waals surface area (Å²) in [5.74, 6) is 0.109. The van der Waals surface area contributed by atoms with Crippen LogP contribution in [0.3, 0.4) is 0 Å². The second kappa shape index (κ2) is 8.66. The molecular formula is C21H24N2O4. The third-order valence-corrected chi connectivity index (χ3v) is 4.75. The zero-order valence-electron chi connectivity index (χ0n) is 15.6. The Bertz CT molecular complexity index is 779. The SMILES string of the molecule is COC(=O)c1ccc(C(=O)NC2CCC(Oc3ccc(C)cn3)CC2)cc1. The summed E-state index contributed by atoms with van der Waals surface area (Å²) in [5.41, 5.74) is 2.06. The molecule has 1 amide bonds. The Morgan fingerprint density at radius 2 is 1.67 bits per heavy atom. The molecule has 2 aromatic rings. The first-order valence-electron chi connectivity index (χ1n) is 9.13. The molecule has 1 fully saturated rings. The van der Waals surface area contributed by atoms with Gasteiger partial charge >= 0.3 is 5.97 Å². The smallest absolute Gasteiger partial charge is 0.337 e. The number of esters is 1. The van der Waals surface area contributed by atoms with E-state index in [1.165, 1.54) is 7.11 Å². The summed E-state index contributed by atoms with van der Waals surface area (Å²) in [7, 11) is 1.33. The van der Waals surface area contributed by atoms with Crippen LogP contribution in [0.5, 0.6) is 5.88 Å². The van der Waals surface area contributed by atoms with Gasteiger partial charge in [-0.2, -0.15) is 0 Å². The van der Waals surface area contributed by atoms with E-state index >= 15 is 0 Å². The molecule has 0 atom stereocenters. The van der Waals surface area contributed by atoms with Crippen LogP contribution in [0.1, 0.15) is 52.0 Å². The first kappa shape index (κ1) is 18.9. The number of amides is 1. The molecule has 1 N–H and O–H groups in total. The van der Waals surface area contributed by atoms with Gasteiger partial charge in [0.05, 0.1) is 12.7 Å². The van der Waals surface area contributed by atoms with Crippen LogP contribution in [0, 0.1) is 6.92 Å². The number of benzene rings is 1. The highest BCUT2D eigenvalue weighted by molar-refractivity contribution is 5.96. The number of aryl methyl sites for hydroxylation is 1. The summed E-state index contributed by atoms with van der Waals surface area (Å²) < 4.78 is 10.6. The highest BCUT2D eigenvalue weighted by Gasteiger charge is 2.24. The van der Waals surface area contributed by atoms with Crippen LogP contribution < -0.4 is 10.1 Å². The molecule has 6 nitrogen and oxygen atoms in total. The van der Waals surface area contributed by atoms with Crippen molar-refractivity contribution in [3.05, 3.63) is 59.3 Å². The van der Waals surface area contributed by atoms with E-state index in [2.05, 4.69) is 15.0 Å². The van der Waals surface area contributed by atoms with Crippen LogP contribution in [0.4, 0.5) is 0 Å². The number of pyridine rings is 1. The second-order valence-corrected chi connectivity index (χ2v) is 6.81. The molecule has 3 rings (SSSR count). The highest BCUT2D eigenvalue weighted by Crippen LogP contribution is 2.23. The molecule has 0 bridgehead atoms. The third-order valence-electron chi connectivity index (χ3n) is 4.75. The number of carbonyl (C=O) groups is 2. The summed E-state index contributed by atoms with van der Waals surface area (Å²) >= 11 is 0. The Morgan fingerprint density at radius 1 is 1.00 bits per heavy atom. The van der Waals surface area contributed by atoms with Crippen molar-refractivity contribution in [2.75, 3.05) is 7.11 Å². The average molecular weight is 368 g/mol. The predicted octanol–water partition coefficient (Wildman–Crippen LogP) is 3.30. The molecule has 0 aliphatic heterocycles. The third kappa shape index (κ3) is 5.06. The molecule has 1 aliphatic rings. The van der Waals surface area contributed by atoms with E-state index in [1.54, 1.807) is 30.5 Å². The zero-order chi connectivity index (χ0) is 19.2. The number of carbonyl (C=O) groups excluding carboxylic acids is 2. The maximum Gasteiger partial charge on any atom is 0.337 e. The highest BCUT2D eigenvalue weighted by atomic mass is 16.5. The molecule has 1 saturated carbocycles. The molecular weight excluding hydrogens is 344 g/mol. The summed E-state index contributed by atoms with van der Waals surface area (Å²) in [5, 5.41) is 3.06. The molecule has 0 unspecified atom stereocenters. The van der Waals surface area contributed by atoms with Gasteiger partial charge in [-0.15, -0.1) is 0 Å². The van der Waals surface area contributed by atoms with E-state index in [0.717, 1.165) is 31.2 Å². The quantitative estimate of drug-likeness (QED) is 0.820. The maximum absolute atomic E-state index is 12.4. The van der Waals surface area contributed by atoms with E-state index in [0.29, 0.717) is 17.0 Å². The van der Waals surface area contributed by atoms with Gasteiger partial charge in [0.25, 0.3) is 5.91 Å². The molecule has 0 radical (unpaired) electrons. The number of rotatable bonds is 5. The number of hydrogen-bond donors (Lipinski definition) is 1. The van der Waals surface area contributed by atoms with Gasteiger partial charge in [0.15, 0.2) is 0 Å². The Labute approximate surface area is 158 Å². The van der Waals surface area contributed by atoms with Gasteiger partial charge in [-0.1, -0.05) is 6.07 Å². The Hall–Kier alpha value is -2.89. The van der Waals surface area contributed by atoms with E-state index in [9.17, 15) is 9.59 Å². The van der Waals surface area contributed by atoms with Crippen molar-refractivity contribution >= 4 is 11.9 Å². The first-order valence-corrected chi connectivity index (χ1v) is 9.13. The van der Waals surface area contributed by atoms with E-state index < -0.39 is 5.97 Å². The summed E-state index contributed by atoms with van der Waals surface area (Å²) in [6, 6.07) is 10.5. The zero-order valence-corrected chi connectivity index (χ0v) is 15.6. The van der Waals surface area contributed by atoms with Gasteiger partial charge in [0.2, 0.25) is 5.88 Å². The van der Waals surface area contributed by atoms with Crippen molar-refractivity contribution in [3.63, 3.8) is 0 Å². The fourth-order valence-electron chi connectivity index (χ4n) is 3.16.